The molecule has 0 aromatic heterocycles. The first kappa shape index (κ1) is 13.6. The highest BCUT2D eigenvalue weighted by Gasteiger charge is 2.35. The fraction of sp³-hybridized carbons (Fsp3) is 0.533. The molecule has 2 bridgehead atoms. The number of carbonyl (C=O) groups excluding carboxylic acids is 1. The summed E-state index contributed by atoms with van der Waals surface area (Å²) in [7, 11) is 0. The van der Waals surface area contributed by atoms with Gasteiger partial charge in [-0.15, -0.1) is 0 Å². The Morgan fingerprint density at radius 1 is 1.25 bits per heavy atom. The zero-order valence-corrected chi connectivity index (χ0v) is 11.1. The smallest absolute Gasteiger partial charge is 0.162 e. The number of morpholine rings is 1. The number of fused-ring (bicyclic) bond motifs is 2. The number of hydrogen-bond donors (Lipinski definition) is 1. The Morgan fingerprint density at radius 2 is 1.95 bits per heavy atom. The standard InChI is InChI=1S/C15H17F2NO2/c16-13-3-1-2-9(15(13)17)6-14(19)10-4-11-7-20-8-12(5-10)18-11/h1-3,10-12,18H,4-8H2. The minimum Gasteiger partial charge on any atom is -0.378 e. The zero-order valence-electron chi connectivity index (χ0n) is 11.1. The van der Waals surface area contributed by atoms with Gasteiger partial charge in [0.2, 0.25) is 0 Å². The monoisotopic (exact) mass is 281 g/mol. The number of benzene rings is 1. The van der Waals surface area contributed by atoms with E-state index in [2.05, 4.69) is 5.32 Å². The molecule has 108 valence electrons. The third-order valence-corrected chi connectivity index (χ3v) is 4.10. The van der Waals surface area contributed by atoms with Gasteiger partial charge >= 0.3 is 0 Å². The van der Waals surface area contributed by atoms with E-state index in [-0.39, 0.29) is 35.8 Å². The first-order valence-corrected chi connectivity index (χ1v) is 6.93. The van der Waals surface area contributed by atoms with Crippen molar-refractivity contribution in [2.75, 3.05) is 13.2 Å². The average Bonchev–Trinajstić information content (AvgIpc) is 2.43. The maximum Gasteiger partial charge on any atom is 0.162 e. The van der Waals surface area contributed by atoms with Gasteiger partial charge in [-0.1, -0.05) is 12.1 Å². The van der Waals surface area contributed by atoms with E-state index in [4.69, 9.17) is 4.74 Å². The van der Waals surface area contributed by atoms with Gasteiger partial charge in [-0.25, -0.2) is 8.78 Å². The molecule has 3 nitrogen and oxygen atoms in total. The lowest BCUT2D eigenvalue weighted by Gasteiger charge is -2.39. The summed E-state index contributed by atoms with van der Waals surface area (Å²) in [5.41, 5.74) is 0.148. The Kier molecular flexibility index (Phi) is 3.81. The Labute approximate surface area is 116 Å². The van der Waals surface area contributed by atoms with Crippen molar-refractivity contribution in [3.8, 4) is 0 Å². The fourth-order valence-corrected chi connectivity index (χ4v) is 3.12. The van der Waals surface area contributed by atoms with E-state index in [0.29, 0.717) is 26.1 Å². The van der Waals surface area contributed by atoms with Crippen LogP contribution in [0.5, 0.6) is 0 Å². The van der Waals surface area contributed by atoms with Crippen molar-refractivity contribution in [2.24, 2.45) is 5.92 Å². The van der Waals surface area contributed by atoms with Crippen molar-refractivity contribution in [1.29, 1.82) is 0 Å². The molecule has 5 heteroatoms. The van der Waals surface area contributed by atoms with E-state index in [1.165, 1.54) is 12.1 Å². The number of ketones is 1. The molecule has 0 amide bonds. The number of nitrogens with one attached hydrogen (secondary N) is 1. The minimum atomic E-state index is -0.904. The SMILES string of the molecule is O=C(Cc1cccc(F)c1F)C1CC2COCC(C1)N2. The van der Waals surface area contributed by atoms with Crippen molar-refractivity contribution in [1.82, 2.24) is 5.32 Å². The van der Waals surface area contributed by atoms with E-state index >= 15 is 0 Å². The van der Waals surface area contributed by atoms with E-state index in [9.17, 15) is 13.6 Å². The average molecular weight is 281 g/mol. The highest BCUT2D eigenvalue weighted by atomic mass is 19.2. The second kappa shape index (κ2) is 5.58. The topological polar surface area (TPSA) is 38.3 Å². The van der Waals surface area contributed by atoms with Crippen LogP contribution in [0.2, 0.25) is 0 Å². The Hall–Kier alpha value is -1.33. The molecule has 20 heavy (non-hydrogen) atoms. The molecule has 2 aliphatic heterocycles. The molecule has 0 saturated carbocycles. The lowest BCUT2D eigenvalue weighted by atomic mass is 9.82. The van der Waals surface area contributed by atoms with Gasteiger partial charge in [0.05, 0.1) is 13.2 Å². The number of piperidine rings is 1. The molecule has 2 unspecified atom stereocenters. The van der Waals surface area contributed by atoms with Crippen LogP contribution in [0.25, 0.3) is 0 Å². The number of rotatable bonds is 3. The summed E-state index contributed by atoms with van der Waals surface area (Å²) >= 11 is 0. The van der Waals surface area contributed by atoms with Crippen LogP contribution in [-0.2, 0) is 16.0 Å². The molecule has 1 aromatic rings. The fourth-order valence-electron chi connectivity index (χ4n) is 3.12. The molecule has 3 rings (SSSR count). The Balaban J connectivity index is 1.68. The van der Waals surface area contributed by atoms with Crippen LogP contribution in [0.4, 0.5) is 8.78 Å². The normalized spacial score (nSPS) is 29.2. The van der Waals surface area contributed by atoms with Crippen molar-refractivity contribution in [3.05, 3.63) is 35.4 Å². The van der Waals surface area contributed by atoms with Crippen molar-refractivity contribution in [2.45, 2.75) is 31.3 Å². The number of hydrogen-bond acceptors (Lipinski definition) is 3. The summed E-state index contributed by atoms with van der Waals surface area (Å²) in [6, 6.07) is 4.38. The van der Waals surface area contributed by atoms with Crippen LogP contribution >= 0.6 is 0 Å². The summed E-state index contributed by atoms with van der Waals surface area (Å²) in [4.78, 5) is 12.3. The van der Waals surface area contributed by atoms with E-state index < -0.39 is 11.6 Å². The molecule has 0 aliphatic carbocycles. The summed E-state index contributed by atoms with van der Waals surface area (Å²) in [5, 5.41) is 3.41. The highest BCUT2D eigenvalue weighted by molar-refractivity contribution is 5.83. The summed E-state index contributed by atoms with van der Waals surface area (Å²) in [6.45, 7) is 1.24. The Bertz CT molecular complexity index is 509. The van der Waals surface area contributed by atoms with Crippen molar-refractivity contribution >= 4 is 5.78 Å². The molecule has 1 aromatic carbocycles. The molecule has 2 atom stereocenters. The summed E-state index contributed by atoms with van der Waals surface area (Å²) in [5.74, 6) is -1.89. The molecule has 2 saturated heterocycles. The number of ether oxygens (including phenoxy) is 1. The molecule has 1 N–H and O–H groups in total. The molecular weight excluding hydrogens is 264 g/mol. The molecule has 2 heterocycles. The van der Waals surface area contributed by atoms with Gasteiger partial charge in [0.1, 0.15) is 5.78 Å². The van der Waals surface area contributed by atoms with Crippen LogP contribution < -0.4 is 5.32 Å². The van der Waals surface area contributed by atoms with Gasteiger partial charge in [0.25, 0.3) is 0 Å². The zero-order chi connectivity index (χ0) is 14.1. The summed E-state index contributed by atoms with van der Waals surface area (Å²) in [6.07, 6.45) is 1.40. The molecule has 2 fully saturated rings. The largest absolute Gasteiger partial charge is 0.378 e. The number of halogens is 2. The lowest BCUT2D eigenvalue weighted by molar-refractivity contribution is -0.125. The number of carbonyl (C=O) groups is 1. The van der Waals surface area contributed by atoms with Crippen molar-refractivity contribution in [3.63, 3.8) is 0 Å². The molecular formula is C15H17F2NO2. The third kappa shape index (κ3) is 2.74. The van der Waals surface area contributed by atoms with Crippen LogP contribution in [-0.4, -0.2) is 31.1 Å². The third-order valence-electron chi connectivity index (χ3n) is 4.10. The highest BCUT2D eigenvalue weighted by Crippen LogP contribution is 2.26. The van der Waals surface area contributed by atoms with Gasteiger partial charge in [-0.2, -0.15) is 0 Å². The van der Waals surface area contributed by atoms with E-state index in [1.807, 2.05) is 0 Å². The van der Waals surface area contributed by atoms with Gasteiger partial charge in [0, 0.05) is 24.4 Å². The second-order valence-electron chi connectivity index (χ2n) is 5.62. The molecule has 2 aliphatic rings. The van der Waals surface area contributed by atoms with Gasteiger partial charge in [0.15, 0.2) is 11.6 Å². The Morgan fingerprint density at radius 3 is 2.65 bits per heavy atom. The van der Waals surface area contributed by atoms with Crippen LogP contribution in [0.15, 0.2) is 18.2 Å². The first-order valence-electron chi connectivity index (χ1n) is 6.93. The van der Waals surface area contributed by atoms with E-state index in [1.54, 1.807) is 0 Å². The maximum absolute atomic E-state index is 13.6. The van der Waals surface area contributed by atoms with E-state index in [0.717, 1.165) is 6.07 Å². The minimum absolute atomic E-state index is 0.00657. The predicted molar refractivity (Wildman–Crippen MR) is 69.3 cm³/mol. The second-order valence-corrected chi connectivity index (χ2v) is 5.62. The van der Waals surface area contributed by atoms with Gasteiger partial charge < -0.3 is 10.1 Å². The lowest BCUT2D eigenvalue weighted by Crippen LogP contribution is -2.55. The van der Waals surface area contributed by atoms with Gasteiger partial charge in [-0.05, 0) is 24.5 Å². The van der Waals surface area contributed by atoms with Crippen LogP contribution in [0.1, 0.15) is 18.4 Å². The summed E-state index contributed by atoms with van der Waals surface area (Å²) < 4.78 is 32.2. The van der Waals surface area contributed by atoms with Crippen LogP contribution in [0, 0.1) is 17.6 Å². The molecule has 0 spiro atoms. The maximum atomic E-state index is 13.6. The predicted octanol–water partition coefficient (Wildman–Crippen LogP) is 1.84. The van der Waals surface area contributed by atoms with Crippen LogP contribution in [0.3, 0.4) is 0 Å². The van der Waals surface area contributed by atoms with Gasteiger partial charge in [-0.3, -0.25) is 4.79 Å². The quantitative estimate of drug-likeness (QED) is 0.919. The number of Topliss-reactive ketones (excluding diaryl/α,β-unsaturated/α-hetero) is 1. The first-order chi connectivity index (χ1) is 9.63. The van der Waals surface area contributed by atoms with Crippen molar-refractivity contribution < 1.29 is 18.3 Å². The molecule has 0 radical (unpaired) electrons.